The van der Waals surface area contributed by atoms with Gasteiger partial charge in [0.1, 0.15) is 5.82 Å². The van der Waals surface area contributed by atoms with Crippen LogP contribution in [0.2, 0.25) is 0 Å². The monoisotopic (exact) mass is 287 g/mol. The lowest BCUT2D eigenvalue weighted by Gasteiger charge is -2.06. The van der Waals surface area contributed by atoms with Crippen LogP contribution >= 0.6 is 0 Å². The van der Waals surface area contributed by atoms with Gasteiger partial charge in [0.15, 0.2) is 0 Å². The summed E-state index contributed by atoms with van der Waals surface area (Å²) in [5.41, 5.74) is 2.64. The van der Waals surface area contributed by atoms with E-state index in [9.17, 15) is 9.18 Å². The molecule has 0 aliphatic carbocycles. The maximum absolute atomic E-state index is 12.8. The third-order valence-corrected chi connectivity index (χ3v) is 3.14. The summed E-state index contributed by atoms with van der Waals surface area (Å²) in [7, 11) is 1.63. The molecule has 0 aromatic heterocycles. The van der Waals surface area contributed by atoms with Crippen molar-refractivity contribution in [2.24, 2.45) is 0 Å². The van der Waals surface area contributed by atoms with E-state index in [0.717, 1.165) is 11.1 Å². The van der Waals surface area contributed by atoms with Crippen LogP contribution in [0.5, 0.6) is 0 Å². The Morgan fingerprint density at radius 2 is 1.67 bits per heavy atom. The number of hydrogen-bond donors (Lipinski definition) is 1. The fraction of sp³-hybridized carbons (Fsp3) is 0.235. The molecule has 0 bridgehead atoms. The molecule has 0 saturated carbocycles. The van der Waals surface area contributed by atoms with E-state index in [2.05, 4.69) is 5.32 Å². The first-order valence-corrected chi connectivity index (χ1v) is 6.79. The van der Waals surface area contributed by atoms with Crippen LogP contribution in [0.3, 0.4) is 0 Å². The average molecular weight is 287 g/mol. The molecule has 0 spiro atoms. The van der Waals surface area contributed by atoms with Crippen LogP contribution in [-0.2, 0) is 17.8 Å². The normalized spacial score (nSPS) is 10.4. The number of amides is 1. The Morgan fingerprint density at radius 1 is 1.05 bits per heavy atom. The number of carbonyl (C=O) groups excluding carboxylic acids is 1. The fourth-order valence-corrected chi connectivity index (χ4v) is 1.99. The standard InChI is InChI=1S/C17H18FNO2/c1-21-12-14-2-6-15(7-3-14)17(20)19-11-10-13-4-8-16(18)9-5-13/h2-9H,10-12H2,1H3,(H,19,20). The number of methoxy groups -OCH3 is 1. The molecule has 2 aromatic carbocycles. The van der Waals surface area contributed by atoms with Gasteiger partial charge in [0.25, 0.3) is 5.91 Å². The molecular weight excluding hydrogens is 269 g/mol. The maximum atomic E-state index is 12.8. The Bertz CT molecular complexity index is 579. The molecule has 0 fully saturated rings. The molecule has 21 heavy (non-hydrogen) atoms. The second-order valence-electron chi connectivity index (χ2n) is 4.76. The molecule has 3 nitrogen and oxygen atoms in total. The summed E-state index contributed by atoms with van der Waals surface area (Å²) in [6, 6.07) is 13.6. The molecular formula is C17H18FNO2. The van der Waals surface area contributed by atoms with E-state index in [1.165, 1.54) is 12.1 Å². The van der Waals surface area contributed by atoms with Crippen molar-refractivity contribution in [2.75, 3.05) is 13.7 Å². The summed E-state index contributed by atoms with van der Waals surface area (Å²) in [4.78, 5) is 12.0. The third kappa shape index (κ3) is 4.68. The fourth-order valence-electron chi connectivity index (χ4n) is 1.99. The van der Waals surface area contributed by atoms with Crippen LogP contribution in [0.25, 0.3) is 0 Å². The van der Waals surface area contributed by atoms with E-state index < -0.39 is 0 Å². The van der Waals surface area contributed by atoms with Crippen molar-refractivity contribution < 1.29 is 13.9 Å². The maximum Gasteiger partial charge on any atom is 0.251 e. The number of rotatable bonds is 6. The molecule has 1 amide bonds. The first-order valence-electron chi connectivity index (χ1n) is 6.79. The summed E-state index contributed by atoms with van der Waals surface area (Å²) in [5, 5.41) is 2.85. The lowest BCUT2D eigenvalue weighted by Crippen LogP contribution is -2.25. The van der Waals surface area contributed by atoms with Gasteiger partial charge in [-0.15, -0.1) is 0 Å². The molecule has 2 rings (SSSR count). The highest BCUT2D eigenvalue weighted by molar-refractivity contribution is 5.94. The van der Waals surface area contributed by atoms with E-state index in [1.54, 1.807) is 31.4 Å². The molecule has 0 unspecified atom stereocenters. The van der Waals surface area contributed by atoms with E-state index in [1.807, 2.05) is 12.1 Å². The van der Waals surface area contributed by atoms with Gasteiger partial charge in [-0.25, -0.2) is 4.39 Å². The molecule has 0 heterocycles. The van der Waals surface area contributed by atoms with Crippen LogP contribution < -0.4 is 5.32 Å². The van der Waals surface area contributed by atoms with Gasteiger partial charge in [0.2, 0.25) is 0 Å². The van der Waals surface area contributed by atoms with Gasteiger partial charge in [0.05, 0.1) is 6.61 Å². The summed E-state index contributed by atoms with van der Waals surface area (Å²) < 4.78 is 17.8. The highest BCUT2D eigenvalue weighted by Gasteiger charge is 2.04. The molecule has 0 atom stereocenters. The first kappa shape index (κ1) is 15.2. The van der Waals surface area contributed by atoms with Crippen LogP contribution in [-0.4, -0.2) is 19.6 Å². The number of benzene rings is 2. The minimum atomic E-state index is -0.251. The van der Waals surface area contributed by atoms with Crippen molar-refractivity contribution in [3.05, 3.63) is 71.0 Å². The Hall–Kier alpha value is -2.20. The summed E-state index contributed by atoms with van der Waals surface area (Å²) in [6.07, 6.45) is 0.674. The van der Waals surface area contributed by atoms with Crippen molar-refractivity contribution in [3.63, 3.8) is 0 Å². The topological polar surface area (TPSA) is 38.3 Å². The summed E-state index contributed by atoms with van der Waals surface area (Å²) in [6.45, 7) is 1.05. The predicted molar refractivity (Wildman–Crippen MR) is 79.6 cm³/mol. The zero-order valence-electron chi connectivity index (χ0n) is 11.9. The van der Waals surface area contributed by atoms with Crippen molar-refractivity contribution in [1.29, 1.82) is 0 Å². The molecule has 110 valence electrons. The van der Waals surface area contributed by atoms with Crippen molar-refractivity contribution in [3.8, 4) is 0 Å². The van der Waals surface area contributed by atoms with Gasteiger partial charge < -0.3 is 10.1 Å². The van der Waals surface area contributed by atoms with E-state index in [0.29, 0.717) is 25.1 Å². The van der Waals surface area contributed by atoms with E-state index >= 15 is 0 Å². The average Bonchev–Trinajstić information content (AvgIpc) is 2.50. The van der Waals surface area contributed by atoms with E-state index in [4.69, 9.17) is 4.74 Å². The van der Waals surface area contributed by atoms with Crippen LogP contribution in [0, 0.1) is 5.82 Å². The second-order valence-corrected chi connectivity index (χ2v) is 4.76. The molecule has 4 heteroatoms. The van der Waals surface area contributed by atoms with Gasteiger partial charge in [-0.2, -0.15) is 0 Å². The number of carbonyl (C=O) groups is 1. The Labute approximate surface area is 123 Å². The quantitative estimate of drug-likeness (QED) is 0.887. The molecule has 0 aliphatic heterocycles. The largest absolute Gasteiger partial charge is 0.380 e. The van der Waals surface area contributed by atoms with Gasteiger partial charge in [0, 0.05) is 19.2 Å². The van der Waals surface area contributed by atoms with Gasteiger partial charge in [-0.3, -0.25) is 4.79 Å². The van der Waals surface area contributed by atoms with Gasteiger partial charge >= 0.3 is 0 Å². The van der Waals surface area contributed by atoms with Crippen LogP contribution in [0.1, 0.15) is 21.5 Å². The van der Waals surface area contributed by atoms with Gasteiger partial charge in [-0.05, 0) is 41.8 Å². The number of halogens is 1. The Balaban J connectivity index is 1.82. The van der Waals surface area contributed by atoms with Crippen molar-refractivity contribution in [2.45, 2.75) is 13.0 Å². The highest BCUT2D eigenvalue weighted by atomic mass is 19.1. The minimum Gasteiger partial charge on any atom is -0.380 e. The lowest BCUT2D eigenvalue weighted by molar-refractivity contribution is 0.0954. The number of nitrogens with one attached hydrogen (secondary N) is 1. The molecule has 0 aliphatic rings. The van der Waals surface area contributed by atoms with E-state index in [-0.39, 0.29) is 11.7 Å². The van der Waals surface area contributed by atoms with Crippen LogP contribution in [0.4, 0.5) is 4.39 Å². The third-order valence-electron chi connectivity index (χ3n) is 3.14. The van der Waals surface area contributed by atoms with Crippen molar-refractivity contribution in [1.82, 2.24) is 5.32 Å². The zero-order valence-corrected chi connectivity index (χ0v) is 11.9. The molecule has 0 saturated heterocycles. The predicted octanol–water partition coefficient (Wildman–Crippen LogP) is 2.94. The molecule has 1 N–H and O–H groups in total. The van der Waals surface area contributed by atoms with Gasteiger partial charge in [-0.1, -0.05) is 24.3 Å². The minimum absolute atomic E-state index is 0.110. The second kappa shape index (κ2) is 7.55. The summed E-state index contributed by atoms with van der Waals surface area (Å²) >= 11 is 0. The Kier molecular flexibility index (Phi) is 5.46. The lowest BCUT2D eigenvalue weighted by atomic mass is 10.1. The number of ether oxygens (including phenoxy) is 1. The summed E-state index contributed by atoms with van der Waals surface area (Å²) in [5.74, 6) is -0.361. The number of hydrogen-bond acceptors (Lipinski definition) is 2. The smallest absolute Gasteiger partial charge is 0.251 e. The zero-order chi connectivity index (χ0) is 15.1. The highest BCUT2D eigenvalue weighted by Crippen LogP contribution is 2.06. The van der Waals surface area contributed by atoms with Crippen LogP contribution in [0.15, 0.2) is 48.5 Å². The molecule has 2 aromatic rings. The first-order chi connectivity index (χ1) is 10.2. The van der Waals surface area contributed by atoms with Crippen molar-refractivity contribution >= 4 is 5.91 Å². The SMILES string of the molecule is COCc1ccc(C(=O)NCCc2ccc(F)cc2)cc1. The Morgan fingerprint density at radius 3 is 2.29 bits per heavy atom. The molecule has 0 radical (unpaired) electrons.